The van der Waals surface area contributed by atoms with Gasteiger partial charge in [-0.05, 0) is 111 Å². The first-order valence-electron chi connectivity index (χ1n) is 10.8. The summed E-state index contributed by atoms with van der Waals surface area (Å²) in [6.07, 6.45) is 13.7. The van der Waals surface area contributed by atoms with Crippen molar-refractivity contribution in [1.29, 1.82) is 0 Å². The molecule has 7 saturated carbocycles. The number of fused-ring (bicyclic) bond motifs is 2. The van der Waals surface area contributed by atoms with Gasteiger partial charge in [-0.1, -0.05) is 5.57 Å². The van der Waals surface area contributed by atoms with Gasteiger partial charge in [0.1, 0.15) is 0 Å². The summed E-state index contributed by atoms with van der Waals surface area (Å²) in [6.45, 7) is 0.726. The van der Waals surface area contributed by atoms with E-state index in [-0.39, 0.29) is 6.61 Å². The van der Waals surface area contributed by atoms with Crippen LogP contribution in [0.1, 0.15) is 57.8 Å². The highest BCUT2D eigenvalue weighted by Crippen LogP contribution is 2.63. The molecule has 0 aromatic heterocycles. The third-order valence-corrected chi connectivity index (χ3v) is 8.93. The fourth-order valence-corrected chi connectivity index (χ4v) is 8.65. The van der Waals surface area contributed by atoms with Crippen molar-refractivity contribution in [3.05, 3.63) is 11.1 Å². The summed E-state index contributed by atoms with van der Waals surface area (Å²) in [5.74, 6) is 7.44. The molecule has 0 aliphatic heterocycles. The molecule has 24 heavy (non-hydrogen) atoms. The maximum absolute atomic E-state index is 9.37. The van der Waals surface area contributed by atoms with E-state index in [1.165, 1.54) is 57.8 Å². The van der Waals surface area contributed by atoms with E-state index < -0.39 is 0 Å². The van der Waals surface area contributed by atoms with Crippen LogP contribution in [-0.2, 0) is 4.74 Å². The van der Waals surface area contributed by atoms with Gasteiger partial charge in [0.25, 0.3) is 0 Å². The van der Waals surface area contributed by atoms with Gasteiger partial charge < -0.3 is 9.84 Å². The zero-order valence-corrected chi connectivity index (χ0v) is 14.8. The molecule has 0 amide bonds. The van der Waals surface area contributed by atoms with Crippen molar-refractivity contribution < 1.29 is 9.84 Å². The Hall–Kier alpha value is -0.340. The van der Waals surface area contributed by atoms with Crippen molar-refractivity contribution >= 4 is 0 Å². The Labute approximate surface area is 146 Å². The van der Waals surface area contributed by atoms with E-state index in [1.807, 2.05) is 5.57 Å². The molecule has 0 heterocycles. The van der Waals surface area contributed by atoms with Gasteiger partial charge in [-0.25, -0.2) is 0 Å². The average molecular weight is 328 g/mol. The molecule has 0 spiro atoms. The Morgan fingerprint density at radius 1 is 0.708 bits per heavy atom. The Morgan fingerprint density at radius 3 is 2.00 bits per heavy atom. The molecule has 0 aromatic rings. The summed E-state index contributed by atoms with van der Waals surface area (Å²) in [7, 11) is 0. The Balaban J connectivity index is 1.43. The van der Waals surface area contributed by atoms with Gasteiger partial charge >= 0.3 is 0 Å². The molecule has 2 heteroatoms. The largest absolute Gasteiger partial charge is 0.394 e. The molecule has 0 unspecified atom stereocenters. The first-order chi connectivity index (χ1) is 11.8. The lowest BCUT2D eigenvalue weighted by molar-refractivity contribution is -0.0210. The molecule has 0 saturated heterocycles. The lowest BCUT2D eigenvalue weighted by atomic mass is 9.51. The standard InChI is InChI=1S/C22H32O2/c23-1-2-24-22-19-10-14-4-15(19)11-18(9-14)21(22)20-16-5-12-3-13(7-16)8-17(20)6-12/h12-19,22-23H,1-11H2/t12?,13?,14-,15+,16?,17?,18-,19+,22-/m1/s1. The van der Waals surface area contributed by atoms with Crippen LogP contribution >= 0.6 is 0 Å². The molecule has 7 rings (SSSR count). The minimum atomic E-state index is 0.182. The summed E-state index contributed by atoms with van der Waals surface area (Å²) in [5, 5.41) is 9.37. The molecule has 0 aromatic carbocycles. The second-order valence-corrected chi connectivity index (χ2v) is 10.2. The molecular formula is C22H32O2. The van der Waals surface area contributed by atoms with Gasteiger partial charge in [0, 0.05) is 0 Å². The maximum Gasteiger partial charge on any atom is 0.0822 e. The van der Waals surface area contributed by atoms with E-state index in [0.717, 1.165) is 47.3 Å². The molecule has 7 aliphatic carbocycles. The van der Waals surface area contributed by atoms with Crippen LogP contribution in [0.4, 0.5) is 0 Å². The fourth-order valence-electron chi connectivity index (χ4n) is 8.65. The van der Waals surface area contributed by atoms with Gasteiger partial charge in [0.2, 0.25) is 0 Å². The summed E-state index contributed by atoms with van der Waals surface area (Å²) in [5.41, 5.74) is 3.72. The van der Waals surface area contributed by atoms with Crippen molar-refractivity contribution in [3.8, 4) is 0 Å². The van der Waals surface area contributed by atoms with Crippen molar-refractivity contribution in [3.63, 3.8) is 0 Å². The summed E-state index contributed by atoms with van der Waals surface area (Å²) >= 11 is 0. The zero-order chi connectivity index (χ0) is 15.8. The molecule has 2 nitrogen and oxygen atoms in total. The van der Waals surface area contributed by atoms with Gasteiger partial charge in [-0.2, -0.15) is 0 Å². The number of aliphatic hydroxyl groups excluding tert-OH is 1. The lowest BCUT2D eigenvalue weighted by Crippen LogP contribution is -2.45. The highest BCUT2D eigenvalue weighted by molar-refractivity contribution is 5.34. The summed E-state index contributed by atoms with van der Waals surface area (Å²) in [4.78, 5) is 0. The molecule has 132 valence electrons. The van der Waals surface area contributed by atoms with Crippen LogP contribution < -0.4 is 0 Å². The number of rotatable bonds is 3. The van der Waals surface area contributed by atoms with Crippen molar-refractivity contribution in [2.75, 3.05) is 13.2 Å². The second-order valence-electron chi connectivity index (χ2n) is 10.2. The first-order valence-corrected chi connectivity index (χ1v) is 10.8. The molecule has 1 N–H and O–H groups in total. The highest BCUT2D eigenvalue weighted by Gasteiger charge is 2.55. The maximum atomic E-state index is 9.37. The number of aliphatic hydroxyl groups is 1. The number of hydrogen-bond acceptors (Lipinski definition) is 2. The fraction of sp³-hybridized carbons (Fsp3) is 0.909. The van der Waals surface area contributed by atoms with Crippen molar-refractivity contribution in [1.82, 2.24) is 0 Å². The summed E-state index contributed by atoms with van der Waals surface area (Å²) < 4.78 is 6.40. The van der Waals surface area contributed by atoms with E-state index in [4.69, 9.17) is 4.74 Å². The van der Waals surface area contributed by atoms with E-state index >= 15 is 0 Å². The predicted molar refractivity (Wildman–Crippen MR) is 93.3 cm³/mol. The van der Waals surface area contributed by atoms with Gasteiger partial charge in [-0.15, -0.1) is 0 Å². The number of ether oxygens (including phenoxy) is 1. The molecule has 7 bridgehead atoms. The summed E-state index contributed by atoms with van der Waals surface area (Å²) in [6, 6.07) is 0. The third-order valence-electron chi connectivity index (χ3n) is 8.93. The molecule has 5 atom stereocenters. The van der Waals surface area contributed by atoms with E-state index in [1.54, 1.807) is 5.57 Å². The van der Waals surface area contributed by atoms with Gasteiger partial charge in [-0.3, -0.25) is 0 Å². The third kappa shape index (κ3) is 2.02. The first kappa shape index (κ1) is 14.8. The zero-order valence-electron chi connectivity index (χ0n) is 14.8. The normalized spacial score (nSPS) is 54.1. The number of allylic oxidation sites excluding steroid dienone is 1. The second kappa shape index (κ2) is 5.33. The van der Waals surface area contributed by atoms with Gasteiger partial charge in [0.05, 0.1) is 19.3 Å². The van der Waals surface area contributed by atoms with Crippen LogP contribution in [0.3, 0.4) is 0 Å². The Kier molecular flexibility index (Phi) is 3.28. The predicted octanol–water partition coefficient (Wildman–Crippen LogP) is 4.18. The minimum Gasteiger partial charge on any atom is -0.394 e. The van der Waals surface area contributed by atoms with E-state index in [2.05, 4.69) is 0 Å². The molecule has 0 radical (unpaired) electrons. The quantitative estimate of drug-likeness (QED) is 0.788. The topological polar surface area (TPSA) is 29.5 Å². The van der Waals surface area contributed by atoms with Gasteiger partial charge in [0.15, 0.2) is 0 Å². The highest BCUT2D eigenvalue weighted by atomic mass is 16.5. The Morgan fingerprint density at radius 2 is 1.33 bits per heavy atom. The minimum absolute atomic E-state index is 0.182. The van der Waals surface area contributed by atoms with Crippen molar-refractivity contribution in [2.24, 2.45) is 47.3 Å². The van der Waals surface area contributed by atoms with Crippen LogP contribution in [0.15, 0.2) is 11.1 Å². The average Bonchev–Trinajstić information content (AvgIpc) is 2.80. The number of hydrogen-bond donors (Lipinski definition) is 1. The van der Waals surface area contributed by atoms with E-state index in [0.29, 0.717) is 12.7 Å². The van der Waals surface area contributed by atoms with Crippen LogP contribution in [0.25, 0.3) is 0 Å². The smallest absolute Gasteiger partial charge is 0.0822 e. The molecule has 7 fully saturated rings. The van der Waals surface area contributed by atoms with Crippen LogP contribution in [-0.4, -0.2) is 24.4 Å². The van der Waals surface area contributed by atoms with Crippen LogP contribution in [0.5, 0.6) is 0 Å². The molecular weight excluding hydrogens is 296 g/mol. The lowest BCUT2D eigenvalue weighted by Gasteiger charge is -2.54. The van der Waals surface area contributed by atoms with Crippen molar-refractivity contribution in [2.45, 2.75) is 63.9 Å². The Bertz CT molecular complexity index is 532. The van der Waals surface area contributed by atoms with E-state index in [9.17, 15) is 5.11 Å². The SMILES string of the molecule is OCCO[C@H]1C(=C2C3CC4CC(C3)CC2C4)[C@@H]2C[C@H]3C[C@@H](C2)[C@@H]1C3. The monoisotopic (exact) mass is 328 g/mol. The van der Waals surface area contributed by atoms with Crippen LogP contribution in [0.2, 0.25) is 0 Å². The van der Waals surface area contributed by atoms with Crippen LogP contribution in [0, 0.1) is 47.3 Å². The molecule has 7 aliphatic rings.